The van der Waals surface area contributed by atoms with Crippen LogP contribution in [0, 0.1) is 12.8 Å². The molecule has 0 bridgehead atoms. The minimum Gasteiger partial charge on any atom is -0.358 e. The Hall–Kier alpha value is -1.32. The van der Waals surface area contributed by atoms with Gasteiger partial charge in [0.25, 0.3) is 0 Å². The highest BCUT2D eigenvalue weighted by Crippen LogP contribution is 2.21. The maximum absolute atomic E-state index is 5.61. The van der Waals surface area contributed by atoms with Crippen LogP contribution in [0.5, 0.6) is 0 Å². The lowest BCUT2D eigenvalue weighted by molar-refractivity contribution is 0.522. The van der Waals surface area contributed by atoms with Gasteiger partial charge in [0.15, 0.2) is 0 Å². The van der Waals surface area contributed by atoms with Crippen LogP contribution in [0.1, 0.15) is 18.2 Å². The second kappa shape index (κ2) is 5.34. The van der Waals surface area contributed by atoms with E-state index in [0.717, 1.165) is 19.6 Å². The second-order valence-corrected chi connectivity index (χ2v) is 4.75. The van der Waals surface area contributed by atoms with E-state index in [-0.39, 0.29) is 0 Å². The minimum absolute atomic E-state index is 0.528. The number of para-hydroxylation sites is 1. The Balaban J connectivity index is 2.10. The topological polar surface area (TPSA) is 53.8 Å². The summed E-state index contributed by atoms with van der Waals surface area (Å²) in [6.07, 6.45) is 0. The van der Waals surface area contributed by atoms with Gasteiger partial charge >= 0.3 is 0 Å². The van der Waals surface area contributed by atoms with Crippen molar-refractivity contribution in [1.29, 1.82) is 0 Å². The van der Waals surface area contributed by atoms with Crippen LogP contribution in [-0.4, -0.2) is 18.1 Å². The van der Waals surface area contributed by atoms with E-state index in [4.69, 9.17) is 5.73 Å². The van der Waals surface area contributed by atoms with Gasteiger partial charge < -0.3 is 16.0 Å². The number of hydrogen-bond acceptors (Lipinski definition) is 2. The standard InChI is InChI=1S/C14H21N3/c1-10(7-15)8-16-9-13-11(2)17-14-6-4-3-5-12(13)14/h3-6,10,16-17H,7-9,15H2,1-2H3. The Morgan fingerprint density at radius 3 is 2.88 bits per heavy atom. The van der Waals surface area contributed by atoms with E-state index in [0.29, 0.717) is 5.92 Å². The molecule has 1 aromatic carbocycles. The van der Waals surface area contributed by atoms with Gasteiger partial charge in [-0.15, -0.1) is 0 Å². The number of nitrogens with one attached hydrogen (secondary N) is 2. The summed E-state index contributed by atoms with van der Waals surface area (Å²) in [7, 11) is 0. The number of fused-ring (bicyclic) bond motifs is 1. The molecule has 1 aromatic heterocycles. The molecule has 3 heteroatoms. The van der Waals surface area contributed by atoms with E-state index in [1.807, 2.05) is 0 Å². The van der Waals surface area contributed by atoms with Crippen LogP contribution in [-0.2, 0) is 6.54 Å². The number of H-pyrrole nitrogens is 1. The molecule has 0 amide bonds. The zero-order valence-electron chi connectivity index (χ0n) is 10.6. The molecule has 3 nitrogen and oxygen atoms in total. The van der Waals surface area contributed by atoms with Crippen molar-refractivity contribution in [2.45, 2.75) is 20.4 Å². The first-order valence-electron chi connectivity index (χ1n) is 6.19. The van der Waals surface area contributed by atoms with E-state index < -0.39 is 0 Å². The average Bonchev–Trinajstić information content (AvgIpc) is 2.66. The molecule has 2 aromatic rings. The van der Waals surface area contributed by atoms with Crippen molar-refractivity contribution < 1.29 is 0 Å². The maximum atomic E-state index is 5.61. The number of aromatic amines is 1. The minimum atomic E-state index is 0.528. The molecule has 4 N–H and O–H groups in total. The fraction of sp³-hybridized carbons (Fsp3) is 0.429. The van der Waals surface area contributed by atoms with Crippen LogP contribution < -0.4 is 11.1 Å². The van der Waals surface area contributed by atoms with Crippen molar-refractivity contribution in [1.82, 2.24) is 10.3 Å². The van der Waals surface area contributed by atoms with Gasteiger partial charge in [0.05, 0.1) is 0 Å². The van der Waals surface area contributed by atoms with Crippen molar-refractivity contribution in [2.75, 3.05) is 13.1 Å². The summed E-state index contributed by atoms with van der Waals surface area (Å²) in [6.45, 7) is 6.90. The van der Waals surface area contributed by atoms with Crippen molar-refractivity contribution in [3.63, 3.8) is 0 Å². The average molecular weight is 231 g/mol. The van der Waals surface area contributed by atoms with Crippen molar-refractivity contribution in [3.05, 3.63) is 35.5 Å². The molecular weight excluding hydrogens is 210 g/mol. The summed E-state index contributed by atoms with van der Waals surface area (Å²) < 4.78 is 0. The molecule has 0 aliphatic rings. The smallest absolute Gasteiger partial charge is 0.0459 e. The van der Waals surface area contributed by atoms with Crippen molar-refractivity contribution in [2.24, 2.45) is 11.7 Å². The summed E-state index contributed by atoms with van der Waals surface area (Å²) in [6, 6.07) is 8.43. The van der Waals surface area contributed by atoms with Gasteiger partial charge in [0, 0.05) is 23.1 Å². The fourth-order valence-electron chi connectivity index (χ4n) is 2.09. The van der Waals surface area contributed by atoms with E-state index in [9.17, 15) is 0 Å². The third kappa shape index (κ3) is 2.68. The molecule has 2 rings (SSSR count). The van der Waals surface area contributed by atoms with Gasteiger partial charge in [0.1, 0.15) is 0 Å². The lowest BCUT2D eigenvalue weighted by Gasteiger charge is -2.10. The number of nitrogens with two attached hydrogens (primary N) is 1. The Morgan fingerprint density at radius 2 is 2.12 bits per heavy atom. The largest absolute Gasteiger partial charge is 0.358 e. The number of rotatable bonds is 5. The molecule has 17 heavy (non-hydrogen) atoms. The Kier molecular flexibility index (Phi) is 3.82. The van der Waals surface area contributed by atoms with E-state index in [2.05, 4.69) is 48.4 Å². The summed E-state index contributed by atoms with van der Waals surface area (Å²) in [5, 5.41) is 4.79. The summed E-state index contributed by atoms with van der Waals surface area (Å²) in [4.78, 5) is 3.41. The highest BCUT2D eigenvalue weighted by Gasteiger charge is 2.07. The molecule has 1 heterocycles. The summed E-state index contributed by atoms with van der Waals surface area (Å²) >= 11 is 0. The molecular formula is C14H21N3. The van der Waals surface area contributed by atoms with Crippen LogP contribution >= 0.6 is 0 Å². The molecule has 0 saturated heterocycles. The lowest BCUT2D eigenvalue weighted by atomic mass is 10.1. The molecule has 0 aliphatic heterocycles. The normalized spacial score (nSPS) is 13.1. The van der Waals surface area contributed by atoms with Crippen LogP contribution in [0.25, 0.3) is 10.9 Å². The number of aromatic nitrogens is 1. The second-order valence-electron chi connectivity index (χ2n) is 4.75. The van der Waals surface area contributed by atoms with Gasteiger partial charge in [-0.1, -0.05) is 25.1 Å². The molecule has 1 unspecified atom stereocenters. The quantitative estimate of drug-likeness (QED) is 0.738. The van der Waals surface area contributed by atoms with Gasteiger partial charge in [-0.3, -0.25) is 0 Å². The lowest BCUT2D eigenvalue weighted by Crippen LogP contribution is -2.25. The summed E-state index contributed by atoms with van der Waals surface area (Å²) in [5.74, 6) is 0.528. The molecule has 0 saturated carbocycles. The van der Waals surface area contributed by atoms with Gasteiger partial charge in [-0.2, -0.15) is 0 Å². The maximum Gasteiger partial charge on any atom is 0.0459 e. The van der Waals surface area contributed by atoms with Crippen LogP contribution in [0.15, 0.2) is 24.3 Å². The fourth-order valence-corrected chi connectivity index (χ4v) is 2.09. The Labute approximate surface area is 102 Å². The molecule has 0 spiro atoms. The molecule has 0 fully saturated rings. The molecule has 0 aliphatic carbocycles. The highest BCUT2D eigenvalue weighted by molar-refractivity contribution is 5.84. The molecule has 1 atom stereocenters. The predicted molar refractivity (Wildman–Crippen MR) is 73.0 cm³/mol. The monoisotopic (exact) mass is 231 g/mol. The molecule has 0 radical (unpaired) electrons. The first kappa shape index (κ1) is 12.1. The van der Waals surface area contributed by atoms with Gasteiger partial charge in [-0.25, -0.2) is 0 Å². The van der Waals surface area contributed by atoms with E-state index in [1.54, 1.807) is 0 Å². The van der Waals surface area contributed by atoms with E-state index in [1.165, 1.54) is 22.2 Å². The summed E-state index contributed by atoms with van der Waals surface area (Å²) in [5.41, 5.74) is 9.44. The van der Waals surface area contributed by atoms with Crippen molar-refractivity contribution >= 4 is 10.9 Å². The Bertz CT molecular complexity index is 487. The molecule has 92 valence electrons. The van der Waals surface area contributed by atoms with Crippen molar-refractivity contribution in [3.8, 4) is 0 Å². The van der Waals surface area contributed by atoms with Crippen LogP contribution in [0.3, 0.4) is 0 Å². The van der Waals surface area contributed by atoms with Crippen LogP contribution in [0.2, 0.25) is 0 Å². The van der Waals surface area contributed by atoms with Gasteiger partial charge in [0.2, 0.25) is 0 Å². The first-order valence-corrected chi connectivity index (χ1v) is 6.19. The zero-order chi connectivity index (χ0) is 12.3. The SMILES string of the molecule is Cc1[nH]c2ccccc2c1CNCC(C)CN. The number of benzene rings is 1. The van der Waals surface area contributed by atoms with E-state index >= 15 is 0 Å². The third-order valence-electron chi connectivity index (χ3n) is 3.22. The predicted octanol–water partition coefficient (Wildman–Crippen LogP) is 2.16. The number of hydrogen-bond donors (Lipinski definition) is 3. The zero-order valence-corrected chi connectivity index (χ0v) is 10.6. The highest BCUT2D eigenvalue weighted by atomic mass is 14.9. The number of aryl methyl sites for hydroxylation is 1. The van der Waals surface area contributed by atoms with Crippen LogP contribution in [0.4, 0.5) is 0 Å². The third-order valence-corrected chi connectivity index (χ3v) is 3.22. The Morgan fingerprint density at radius 1 is 1.35 bits per heavy atom. The first-order chi connectivity index (χ1) is 8.22. The van der Waals surface area contributed by atoms with Gasteiger partial charge in [-0.05, 0) is 37.6 Å².